The molecule has 0 bridgehead atoms. The minimum absolute atomic E-state index is 0.0447. The Bertz CT molecular complexity index is 512. The molecule has 0 unspecified atom stereocenters. The average Bonchev–Trinajstić information content (AvgIpc) is 2.42. The average molecular weight is 291 g/mol. The fourth-order valence-electron chi connectivity index (χ4n) is 1.89. The van der Waals surface area contributed by atoms with Gasteiger partial charge in [-0.2, -0.15) is 0 Å². The second-order valence-electron chi connectivity index (χ2n) is 5.69. The third-order valence-corrected chi connectivity index (χ3v) is 3.42. The second-order valence-corrected chi connectivity index (χ2v) is 5.69. The van der Waals surface area contributed by atoms with Crippen molar-refractivity contribution in [1.82, 2.24) is 10.6 Å². The van der Waals surface area contributed by atoms with Gasteiger partial charge in [-0.05, 0) is 30.9 Å². The van der Waals surface area contributed by atoms with Gasteiger partial charge in [0.25, 0.3) is 0 Å². The van der Waals surface area contributed by atoms with Crippen LogP contribution in [0.5, 0.6) is 0 Å². The number of rotatable bonds is 6. The fourth-order valence-corrected chi connectivity index (χ4v) is 1.89. The molecule has 21 heavy (non-hydrogen) atoms. The molecule has 0 aliphatic carbocycles. The summed E-state index contributed by atoms with van der Waals surface area (Å²) in [5.74, 6) is -0.478. The molecular weight excluding hydrogens is 266 g/mol. The Morgan fingerprint density at radius 3 is 2.43 bits per heavy atom. The third-order valence-electron chi connectivity index (χ3n) is 3.42. The highest BCUT2D eigenvalue weighted by atomic mass is 16.2. The summed E-state index contributed by atoms with van der Waals surface area (Å²) in [5, 5.41) is 5.34. The first kappa shape index (κ1) is 17.2. The van der Waals surface area contributed by atoms with Crippen LogP contribution in [0.3, 0.4) is 0 Å². The molecule has 5 nitrogen and oxygen atoms in total. The molecule has 0 heterocycles. The first-order valence-corrected chi connectivity index (χ1v) is 7.17. The van der Waals surface area contributed by atoms with E-state index in [-0.39, 0.29) is 24.3 Å². The van der Waals surface area contributed by atoms with Crippen LogP contribution in [-0.2, 0) is 16.1 Å². The molecule has 1 atom stereocenters. The molecule has 5 heteroatoms. The van der Waals surface area contributed by atoms with E-state index in [1.54, 1.807) is 0 Å². The van der Waals surface area contributed by atoms with Gasteiger partial charge in [0.05, 0.1) is 12.6 Å². The Kier molecular flexibility index (Phi) is 6.37. The molecule has 0 radical (unpaired) electrons. The van der Waals surface area contributed by atoms with Gasteiger partial charge in [-0.25, -0.2) is 0 Å². The highest BCUT2D eigenvalue weighted by Crippen LogP contribution is 2.09. The molecule has 4 N–H and O–H groups in total. The number of benzene rings is 1. The van der Waals surface area contributed by atoms with Crippen LogP contribution in [0.2, 0.25) is 0 Å². The molecule has 1 rings (SSSR count). The van der Waals surface area contributed by atoms with E-state index in [0.29, 0.717) is 6.54 Å². The standard InChI is InChI=1S/C16H25N3O2/c1-10(2)15(17)16(21)19-9-14(20)18-8-13-6-5-11(3)7-12(13)4/h5-7,10,15H,8-9,17H2,1-4H3,(H,18,20)(H,19,21)/t15-/m0/s1. The molecular formula is C16H25N3O2. The van der Waals surface area contributed by atoms with Crippen molar-refractivity contribution < 1.29 is 9.59 Å². The molecule has 0 saturated carbocycles. The Morgan fingerprint density at radius 1 is 1.19 bits per heavy atom. The van der Waals surface area contributed by atoms with Gasteiger partial charge in [0.15, 0.2) is 0 Å². The van der Waals surface area contributed by atoms with E-state index in [9.17, 15) is 9.59 Å². The maximum Gasteiger partial charge on any atom is 0.239 e. The summed E-state index contributed by atoms with van der Waals surface area (Å²) in [5.41, 5.74) is 9.10. The van der Waals surface area contributed by atoms with Gasteiger partial charge in [-0.3, -0.25) is 9.59 Å². The van der Waals surface area contributed by atoms with Crippen molar-refractivity contribution in [2.45, 2.75) is 40.3 Å². The number of nitrogens with one attached hydrogen (secondary N) is 2. The SMILES string of the molecule is Cc1ccc(CNC(=O)CNC(=O)[C@@H](N)C(C)C)c(C)c1. The molecule has 116 valence electrons. The lowest BCUT2D eigenvalue weighted by molar-refractivity contribution is -0.127. The van der Waals surface area contributed by atoms with E-state index >= 15 is 0 Å². The molecule has 0 aliphatic heterocycles. The topological polar surface area (TPSA) is 84.2 Å². The van der Waals surface area contributed by atoms with E-state index < -0.39 is 6.04 Å². The zero-order valence-electron chi connectivity index (χ0n) is 13.2. The van der Waals surface area contributed by atoms with Crippen LogP contribution >= 0.6 is 0 Å². The molecule has 0 fully saturated rings. The summed E-state index contributed by atoms with van der Waals surface area (Å²) in [7, 11) is 0. The Hall–Kier alpha value is -1.88. The van der Waals surface area contributed by atoms with Crippen LogP contribution in [0.4, 0.5) is 0 Å². The first-order valence-electron chi connectivity index (χ1n) is 7.17. The summed E-state index contributed by atoms with van der Waals surface area (Å²) in [6.45, 7) is 8.18. The monoisotopic (exact) mass is 291 g/mol. The number of aryl methyl sites for hydroxylation is 2. The normalized spacial score (nSPS) is 12.1. The predicted octanol–water partition coefficient (Wildman–Crippen LogP) is 1.02. The minimum atomic E-state index is -0.586. The van der Waals surface area contributed by atoms with E-state index in [0.717, 1.165) is 11.1 Å². The van der Waals surface area contributed by atoms with Crippen molar-refractivity contribution in [3.8, 4) is 0 Å². The smallest absolute Gasteiger partial charge is 0.239 e. The zero-order chi connectivity index (χ0) is 16.0. The molecule has 0 saturated heterocycles. The summed E-state index contributed by atoms with van der Waals surface area (Å²) < 4.78 is 0. The number of hydrogen-bond acceptors (Lipinski definition) is 3. The van der Waals surface area contributed by atoms with Crippen LogP contribution in [0, 0.1) is 19.8 Å². The number of carbonyl (C=O) groups is 2. The van der Waals surface area contributed by atoms with Crippen LogP contribution in [0.1, 0.15) is 30.5 Å². The fraction of sp³-hybridized carbons (Fsp3) is 0.500. The largest absolute Gasteiger partial charge is 0.350 e. The summed E-state index contributed by atoms with van der Waals surface area (Å²) >= 11 is 0. The van der Waals surface area contributed by atoms with Crippen molar-refractivity contribution in [2.24, 2.45) is 11.7 Å². The van der Waals surface area contributed by atoms with Crippen LogP contribution < -0.4 is 16.4 Å². The number of amides is 2. The van der Waals surface area contributed by atoms with Gasteiger partial charge >= 0.3 is 0 Å². The zero-order valence-corrected chi connectivity index (χ0v) is 13.2. The molecule has 0 aliphatic rings. The number of carbonyl (C=O) groups excluding carboxylic acids is 2. The lowest BCUT2D eigenvalue weighted by atomic mass is 10.1. The molecule has 1 aromatic rings. The summed E-state index contributed by atoms with van der Waals surface area (Å²) in [6, 6.07) is 5.50. The second kappa shape index (κ2) is 7.78. The lowest BCUT2D eigenvalue weighted by Crippen LogP contribution is -2.47. The van der Waals surface area contributed by atoms with Gasteiger partial charge < -0.3 is 16.4 Å². The van der Waals surface area contributed by atoms with Gasteiger partial charge in [-0.1, -0.05) is 37.6 Å². The van der Waals surface area contributed by atoms with E-state index in [1.165, 1.54) is 5.56 Å². The Morgan fingerprint density at radius 2 is 1.86 bits per heavy atom. The first-order chi connectivity index (χ1) is 9.81. The molecule has 0 spiro atoms. The maximum atomic E-state index is 11.7. The van der Waals surface area contributed by atoms with Crippen molar-refractivity contribution in [3.63, 3.8) is 0 Å². The van der Waals surface area contributed by atoms with Crippen molar-refractivity contribution in [3.05, 3.63) is 34.9 Å². The van der Waals surface area contributed by atoms with E-state index in [2.05, 4.69) is 16.7 Å². The highest BCUT2D eigenvalue weighted by Gasteiger charge is 2.17. The van der Waals surface area contributed by atoms with Crippen molar-refractivity contribution in [1.29, 1.82) is 0 Å². The molecule has 1 aromatic carbocycles. The van der Waals surface area contributed by atoms with Crippen molar-refractivity contribution >= 4 is 11.8 Å². The lowest BCUT2D eigenvalue weighted by Gasteiger charge is -2.15. The van der Waals surface area contributed by atoms with Gasteiger partial charge in [0.1, 0.15) is 0 Å². The summed E-state index contributed by atoms with van der Waals surface area (Å²) in [6.07, 6.45) is 0. The van der Waals surface area contributed by atoms with Crippen LogP contribution in [0.15, 0.2) is 18.2 Å². The third kappa shape index (κ3) is 5.55. The van der Waals surface area contributed by atoms with Gasteiger partial charge in [-0.15, -0.1) is 0 Å². The van der Waals surface area contributed by atoms with E-state index in [4.69, 9.17) is 5.73 Å². The number of hydrogen-bond donors (Lipinski definition) is 3. The Labute approximate surface area is 126 Å². The Balaban J connectivity index is 2.39. The van der Waals surface area contributed by atoms with Crippen molar-refractivity contribution in [2.75, 3.05) is 6.54 Å². The number of nitrogens with two attached hydrogens (primary N) is 1. The quantitative estimate of drug-likeness (QED) is 0.731. The summed E-state index contributed by atoms with van der Waals surface area (Å²) in [4.78, 5) is 23.4. The van der Waals surface area contributed by atoms with Crippen LogP contribution in [-0.4, -0.2) is 24.4 Å². The molecule has 2 amide bonds. The van der Waals surface area contributed by atoms with Crippen LogP contribution in [0.25, 0.3) is 0 Å². The molecule has 0 aromatic heterocycles. The highest BCUT2D eigenvalue weighted by molar-refractivity contribution is 5.87. The minimum Gasteiger partial charge on any atom is -0.350 e. The maximum absolute atomic E-state index is 11.7. The van der Waals surface area contributed by atoms with Gasteiger partial charge in [0.2, 0.25) is 11.8 Å². The van der Waals surface area contributed by atoms with E-state index in [1.807, 2.05) is 39.8 Å². The predicted molar refractivity (Wildman–Crippen MR) is 83.6 cm³/mol. The van der Waals surface area contributed by atoms with Gasteiger partial charge in [0, 0.05) is 6.54 Å².